The molecular weight excluding hydrogens is 269 g/mol. The number of nitrogen functional groups attached to an aromatic ring is 1. The number of nitrogens with two attached hydrogens (primary N) is 1. The predicted molar refractivity (Wildman–Crippen MR) is 71.1 cm³/mol. The lowest BCUT2D eigenvalue weighted by molar-refractivity contribution is 0.0653. The predicted octanol–water partition coefficient (Wildman–Crippen LogP) is 0.458. The van der Waals surface area contributed by atoms with Gasteiger partial charge in [-0.05, 0) is 6.42 Å². The summed E-state index contributed by atoms with van der Waals surface area (Å²) in [5.41, 5.74) is 6.91. The van der Waals surface area contributed by atoms with Crippen LogP contribution < -0.4 is 5.73 Å². The van der Waals surface area contributed by atoms with Gasteiger partial charge in [-0.15, -0.1) is 0 Å². The van der Waals surface area contributed by atoms with Crippen LogP contribution in [-0.2, 0) is 11.3 Å². The van der Waals surface area contributed by atoms with Crippen LogP contribution in [0.2, 0.25) is 0 Å². The largest absolute Gasteiger partial charge is 0.382 e. The zero-order valence-electron chi connectivity index (χ0n) is 10.5. The molecule has 0 fully saturated rings. The summed E-state index contributed by atoms with van der Waals surface area (Å²) in [5.74, 6) is 0.340. The third kappa shape index (κ3) is 3.36. The van der Waals surface area contributed by atoms with Gasteiger partial charge in [0.05, 0.1) is 19.0 Å². The van der Waals surface area contributed by atoms with E-state index in [1.165, 1.54) is 6.33 Å². The van der Waals surface area contributed by atoms with E-state index in [0.717, 1.165) is 6.42 Å². The molecule has 9 heteroatoms. The average molecular weight is 285 g/mol. The summed E-state index contributed by atoms with van der Waals surface area (Å²) in [6.45, 7) is 2.48. The van der Waals surface area contributed by atoms with Crippen molar-refractivity contribution in [2.45, 2.75) is 26.0 Å². The lowest BCUT2D eigenvalue weighted by atomic mass is 10.3. The molecule has 2 rings (SSSR count). The Morgan fingerprint density at radius 3 is 2.89 bits per heavy atom. The summed E-state index contributed by atoms with van der Waals surface area (Å²) in [4.78, 5) is 29.9. The molecule has 4 N–H and O–H groups in total. The fourth-order valence-corrected chi connectivity index (χ4v) is 2.07. The molecule has 0 aliphatic rings. The Kier molecular flexibility index (Phi) is 4.60. The summed E-state index contributed by atoms with van der Waals surface area (Å²) in [7, 11) is -2.03. The van der Waals surface area contributed by atoms with Crippen LogP contribution in [0.25, 0.3) is 11.2 Å². The molecule has 104 valence electrons. The van der Waals surface area contributed by atoms with Crippen molar-refractivity contribution in [2.24, 2.45) is 0 Å². The maximum Gasteiger partial charge on any atom is 0.192 e. The molecule has 0 bridgehead atoms. The van der Waals surface area contributed by atoms with E-state index in [-0.39, 0.29) is 12.5 Å². The van der Waals surface area contributed by atoms with E-state index < -0.39 is 8.38 Å². The Morgan fingerprint density at radius 1 is 1.42 bits per heavy atom. The van der Waals surface area contributed by atoms with Crippen LogP contribution in [-0.4, -0.2) is 41.8 Å². The molecule has 1 unspecified atom stereocenters. The summed E-state index contributed by atoms with van der Waals surface area (Å²) >= 11 is 0. The van der Waals surface area contributed by atoms with E-state index in [1.807, 2.05) is 11.5 Å². The molecule has 19 heavy (non-hydrogen) atoms. The number of rotatable bonds is 6. The fourth-order valence-electron chi connectivity index (χ4n) is 1.72. The lowest BCUT2D eigenvalue weighted by Crippen LogP contribution is -2.19. The molecule has 0 radical (unpaired) electrons. The molecule has 0 aliphatic carbocycles. The fraction of sp³-hybridized carbons (Fsp3) is 0.500. The van der Waals surface area contributed by atoms with Gasteiger partial charge in [-0.1, -0.05) is 6.92 Å². The van der Waals surface area contributed by atoms with E-state index >= 15 is 0 Å². The maximum absolute atomic E-state index is 8.87. The van der Waals surface area contributed by atoms with Crippen molar-refractivity contribution in [3.8, 4) is 0 Å². The Morgan fingerprint density at radius 2 is 2.21 bits per heavy atom. The van der Waals surface area contributed by atoms with Crippen LogP contribution >= 0.6 is 8.38 Å². The van der Waals surface area contributed by atoms with Gasteiger partial charge in [0.1, 0.15) is 18.2 Å². The van der Waals surface area contributed by atoms with E-state index in [0.29, 0.717) is 23.5 Å². The topological polar surface area (TPSA) is 119 Å². The molecule has 2 aromatic heterocycles. The number of hydrogen-bond donors (Lipinski definition) is 3. The molecule has 8 nitrogen and oxygen atoms in total. The van der Waals surface area contributed by atoms with Crippen LogP contribution in [0.15, 0.2) is 12.7 Å². The summed E-state index contributed by atoms with van der Waals surface area (Å²) in [5, 5.41) is 0. The Hall–Kier alpha value is -1.34. The monoisotopic (exact) mass is 285 g/mol. The molecular formula is C10H16N5O3P. The van der Waals surface area contributed by atoms with E-state index in [1.54, 1.807) is 6.33 Å². The molecule has 2 aromatic rings. The first kappa shape index (κ1) is 14.1. The van der Waals surface area contributed by atoms with Gasteiger partial charge >= 0.3 is 0 Å². The van der Waals surface area contributed by atoms with Crippen molar-refractivity contribution in [1.29, 1.82) is 0 Å². The molecule has 0 saturated heterocycles. The van der Waals surface area contributed by atoms with E-state index in [2.05, 4.69) is 15.0 Å². The average Bonchev–Trinajstić information content (AvgIpc) is 2.79. The molecule has 0 aliphatic heterocycles. The number of ether oxygens (including phenoxy) is 1. The van der Waals surface area contributed by atoms with Gasteiger partial charge < -0.3 is 24.8 Å². The highest BCUT2D eigenvalue weighted by molar-refractivity contribution is 7.44. The minimum Gasteiger partial charge on any atom is -0.382 e. The summed E-state index contributed by atoms with van der Waals surface area (Å²) in [6, 6.07) is 0. The third-order valence-electron chi connectivity index (χ3n) is 2.71. The number of hydrogen-bond acceptors (Lipinski definition) is 7. The first-order valence-corrected chi connectivity index (χ1v) is 7.23. The number of fused-ring (bicyclic) bond motifs is 1. The smallest absolute Gasteiger partial charge is 0.192 e. The van der Waals surface area contributed by atoms with Crippen LogP contribution in [0.4, 0.5) is 5.82 Å². The molecule has 0 amide bonds. The third-order valence-corrected chi connectivity index (χ3v) is 3.09. The van der Waals surface area contributed by atoms with Crippen molar-refractivity contribution >= 4 is 25.4 Å². The second-order valence-electron chi connectivity index (χ2n) is 4.03. The zero-order chi connectivity index (χ0) is 13.8. The minimum absolute atomic E-state index is 0.0579. The summed E-state index contributed by atoms with van der Waals surface area (Å²) < 4.78 is 7.23. The number of anilines is 1. The Labute approximate surface area is 111 Å². The van der Waals surface area contributed by atoms with Crippen molar-refractivity contribution in [2.75, 3.05) is 12.1 Å². The molecule has 1 atom stereocenters. The number of aromatic nitrogens is 4. The van der Waals surface area contributed by atoms with Crippen molar-refractivity contribution in [1.82, 2.24) is 19.5 Å². The van der Waals surface area contributed by atoms with Crippen LogP contribution in [0.3, 0.4) is 0 Å². The second kappa shape index (κ2) is 6.21. The Balaban J connectivity index is 2.13. The normalized spacial score (nSPS) is 13.3. The number of imidazole rings is 1. The highest BCUT2D eigenvalue weighted by Gasteiger charge is 2.14. The first-order valence-electron chi connectivity index (χ1n) is 5.80. The van der Waals surface area contributed by atoms with Crippen LogP contribution in [0.5, 0.6) is 0 Å². The highest BCUT2D eigenvalue weighted by Crippen LogP contribution is 2.24. The molecule has 2 heterocycles. The van der Waals surface area contributed by atoms with Gasteiger partial charge in [-0.25, -0.2) is 15.0 Å². The van der Waals surface area contributed by atoms with Gasteiger partial charge in [0.15, 0.2) is 19.8 Å². The maximum atomic E-state index is 8.87. The molecule has 0 aromatic carbocycles. The standard InChI is InChI=1S/C10H16N5O3P/c1-2-7(18-6-19(16)17)3-15-5-14-8-9(11)12-4-13-10(8)15/h4-5,7,16-17H,2-3,6H2,1H3,(H2,11,12,13). The molecule has 0 spiro atoms. The van der Waals surface area contributed by atoms with Gasteiger partial charge in [0, 0.05) is 0 Å². The van der Waals surface area contributed by atoms with Gasteiger partial charge in [0.25, 0.3) is 0 Å². The lowest BCUT2D eigenvalue weighted by Gasteiger charge is -2.17. The van der Waals surface area contributed by atoms with E-state index in [9.17, 15) is 0 Å². The zero-order valence-corrected chi connectivity index (χ0v) is 11.4. The second-order valence-corrected chi connectivity index (χ2v) is 5.03. The minimum atomic E-state index is -2.03. The van der Waals surface area contributed by atoms with Crippen molar-refractivity contribution in [3.63, 3.8) is 0 Å². The first-order chi connectivity index (χ1) is 9.11. The molecule has 0 saturated carbocycles. The van der Waals surface area contributed by atoms with Crippen LogP contribution in [0.1, 0.15) is 13.3 Å². The Bertz CT molecular complexity index is 547. The van der Waals surface area contributed by atoms with Crippen molar-refractivity contribution < 1.29 is 14.5 Å². The van der Waals surface area contributed by atoms with Crippen molar-refractivity contribution in [3.05, 3.63) is 12.7 Å². The highest BCUT2D eigenvalue weighted by atomic mass is 31.2. The van der Waals surface area contributed by atoms with Gasteiger partial charge in [-0.3, -0.25) is 0 Å². The summed E-state index contributed by atoms with van der Waals surface area (Å²) in [6.07, 6.45) is 3.56. The van der Waals surface area contributed by atoms with Gasteiger partial charge in [-0.2, -0.15) is 0 Å². The van der Waals surface area contributed by atoms with E-state index in [4.69, 9.17) is 20.3 Å². The number of nitrogens with zero attached hydrogens (tertiary/aromatic N) is 4. The van der Waals surface area contributed by atoms with Crippen LogP contribution in [0, 0.1) is 0 Å². The van der Waals surface area contributed by atoms with Gasteiger partial charge in [0.2, 0.25) is 0 Å². The quantitative estimate of drug-likeness (QED) is 0.659. The SMILES string of the molecule is CCC(Cn1cnc2c(N)ncnc21)OCP(O)O.